The number of piperidine rings is 1. The van der Waals surface area contributed by atoms with Crippen molar-refractivity contribution in [2.45, 2.75) is 71.3 Å². The van der Waals surface area contributed by atoms with Crippen molar-refractivity contribution in [3.05, 3.63) is 63.7 Å². The molecule has 2 aliphatic rings. The molecule has 2 fully saturated rings. The van der Waals surface area contributed by atoms with Crippen molar-refractivity contribution in [2.75, 3.05) is 31.2 Å². The van der Waals surface area contributed by atoms with Crippen molar-refractivity contribution >= 4 is 46.7 Å². The Morgan fingerprint density at radius 3 is 2.42 bits per heavy atom. The molecule has 1 aromatic heterocycles. The molecule has 7 nitrogen and oxygen atoms in total. The zero-order valence-electron chi connectivity index (χ0n) is 24.9. The summed E-state index contributed by atoms with van der Waals surface area (Å²) in [6.07, 6.45) is 8.52. The van der Waals surface area contributed by atoms with E-state index in [-0.39, 0.29) is 10.9 Å². The second kappa shape index (κ2) is 18.6. The van der Waals surface area contributed by atoms with Crippen LogP contribution in [-0.2, 0) is 14.3 Å². The summed E-state index contributed by atoms with van der Waals surface area (Å²) < 4.78 is 29.1. The van der Waals surface area contributed by atoms with E-state index in [0.29, 0.717) is 40.9 Å². The van der Waals surface area contributed by atoms with Crippen LogP contribution < -0.4 is 10.4 Å². The minimum Gasteiger partial charge on any atom is -0.481 e. The van der Waals surface area contributed by atoms with Crippen LogP contribution in [0.1, 0.15) is 65.2 Å². The number of halogens is 2. The Bertz CT molecular complexity index is 1370. The number of likely N-dealkylation sites (tertiary alicyclic amines) is 1. The van der Waals surface area contributed by atoms with Gasteiger partial charge >= 0.3 is 5.63 Å². The standard InChI is InChI=1S/C23H21ClFNO4.C8H16O2.C2H4S/c1-14(23(28)26-9-3-2-4-10-26)29-16-6-8-18-19(13-22(27)30-21(18)12-16)17-7-5-15(25)11-20(17)24;1-2-3-4-5-6-7-10-8-9;1-2-3-1/h5-8,11-14H,2-4,9-10H2,1H3;8H,2-7H2,1H3;1-2H2. The number of ether oxygens (including phenoxy) is 2. The van der Waals surface area contributed by atoms with Gasteiger partial charge in [0.1, 0.15) is 17.1 Å². The smallest absolute Gasteiger partial charge is 0.336 e. The number of nitrogens with zero attached hydrogens (tertiary/aromatic N) is 1. The highest BCUT2D eigenvalue weighted by Crippen LogP contribution is 2.34. The molecule has 2 aliphatic heterocycles. The quantitative estimate of drug-likeness (QED) is 0.0918. The predicted molar refractivity (Wildman–Crippen MR) is 172 cm³/mol. The van der Waals surface area contributed by atoms with Crippen LogP contribution in [0.4, 0.5) is 4.39 Å². The molecular formula is C33H41ClFNO6S. The maximum absolute atomic E-state index is 13.4. The van der Waals surface area contributed by atoms with E-state index >= 15 is 0 Å². The van der Waals surface area contributed by atoms with E-state index in [9.17, 15) is 18.8 Å². The molecule has 3 aromatic rings. The summed E-state index contributed by atoms with van der Waals surface area (Å²) >= 11 is 8.19. The number of thioether (sulfide) groups is 1. The van der Waals surface area contributed by atoms with E-state index in [1.165, 1.54) is 61.5 Å². The number of carbonyl (C=O) groups is 2. The van der Waals surface area contributed by atoms with Gasteiger partial charge in [-0.3, -0.25) is 9.59 Å². The number of unbranched alkanes of at least 4 members (excludes halogenated alkanes) is 4. The minimum atomic E-state index is -0.651. The number of hydrogen-bond donors (Lipinski definition) is 0. The molecule has 234 valence electrons. The maximum Gasteiger partial charge on any atom is 0.336 e. The molecule has 1 atom stereocenters. The van der Waals surface area contributed by atoms with E-state index in [1.807, 2.05) is 16.7 Å². The van der Waals surface area contributed by atoms with Gasteiger partial charge in [0.15, 0.2) is 6.10 Å². The summed E-state index contributed by atoms with van der Waals surface area (Å²) in [5, 5.41) is 0.827. The summed E-state index contributed by atoms with van der Waals surface area (Å²) in [5.41, 5.74) is 0.800. The molecule has 10 heteroatoms. The first-order valence-electron chi connectivity index (χ1n) is 15.0. The fourth-order valence-electron chi connectivity index (χ4n) is 4.61. The van der Waals surface area contributed by atoms with Gasteiger partial charge in [0.05, 0.1) is 11.6 Å². The Hall–Kier alpha value is -3.04. The first-order valence-corrected chi connectivity index (χ1v) is 16.5. The third-order valence-corrected chi connectivity index (χ3v) is 7.62. The van der Waals surface area contributed by atoms with Crippen molar-refractivity contribution in [2.24, 2.45) is 0 Å². The highest BCUT2D eigenvalue weighted by atomic mass is 35.5. The van der Waals surface area contributed by atoms with E-state index < -0.39 is 17.5 Å². The van der Waals surface area contributed by atoms with Crippen LogP contribution in [0.2, 0.25) is 5.02 Å². The zero-order valence-corrected chi connectivity index (χ0v) is 26.5. The highest BCUT2D eigenvalue weighted by molar-refractivity contribution is 8.06. The van der Waals surface area contributed by atoms with Gasteiger partial charge in [-0.25, -0.2) is 9.18 Å². The Morgan fingerprint density at radius 2 is 1.77 bits per heavy atom. The average Bonchev–Trinajstić information content (AvgIpc) is 3.89. The molecule has 2 saturated heterocycles. The second-order valence-electron chi connectivity index (χ2n) is 10.4. The summed E-state index contributed by atoms with van der Waals surface area (Å²) in [7, 11) is 0. The third-order valence-electron chi connectivity index (χ3n) is 6.90. The van der Waals surface area contributed by atoms with E-state index in [2.05, 4.69) is 11.7 Å². The van der Waals surface area contributed by atoms with E-state index in [1.54, 1.807) is 25.1 Å². The van der Waals surface area contributed by atoms with Crippen molar-refractivity contribution in [3.8, 4) is 16.9 Å². The second-order valence-corrected chi connectivity index (χ2v) is 12.0. The van der Waals surface area contributed by atoms with Gasteiger partial charge in [0.25, 0.3) is 12.4 Å². The van der Waals surface area contributed by atoms with Crippen molar-refractivity contribution in [1.29, 1.82) is 0 Å². The lowest BCUT2D eigenvalue weighted by atomic mass is 10.0. The van der Waals surface area contributed by atoms with Gasteiger partial charge < -0.3 is 18.8 Å². The molecule has 1 amide bonds. The molecule has 0 aliphatic carbocycles. The van der Waals surface area contributed by atoms with Crippen LogP contribution in [0.5, 0.6) is 5.75 Å². The Labute approximate surface area is 262 Å². The first kappa shape index (κ1) is 34.5. The number of fused-ring (bicyclic) bond motifs is 1. The fourth-order valence-corrected chi connectivity index (χ4v) is 4.88. The van der Waals surface area contributed by atoms with Crippen LogP contribution in [0, 0.1) is 5.82 Å². The van der Waals surface area contributed by atoms with Gasteiger partial charge in [-0.2, -0.15) is 11.8 Å². The minimum absolute atomic E-state index is 0.0527. The van der Waals surface area contributed by atoms with Crippen molar-refractivity contribution in [1.82, 2.24) is 4.90 Å². The summed E-state index contributed by atoms with van der Waals surface area (Å²) in [5.74, 6) is 2.74. The summed E-state index contributed by atoms with van der Waals surface area (Å²) in [6, 6.07) is 10.4. The van der Waals surface area contributed by atoms with Crippen LogP contribution >= 0.6 is 23.4 Å². The van der Waals surface area contributed by atoms with Gasteiger partial charge in [0, 0.05) is 53.2 Å². The van der Waals surface area contributed by atoms with Crippen LogP contribution in [-0.4, -0.2) is 54.6 Å². The summed E-state index contributed by atoms with van der Waals surface area (Å²) in [4.78, 5) is 36.2. The van der Waals surface area contributed by atoms with Crippen molar-refractivity contribution in [3.63, 3.8) is 0 Å². The zero-order chi connectivity index (χ0) is 31.0. The highest BCUT2D eigenvalue weighted by Gasteiger charge is 2.24. The van der Waals surface area contributed by atoms with Crippen molar-refractivity contribution < 1.29 is 27.9 Å². The van der Waals surface area contributed by atoms with Crippen LogP contribution in [0.15, 0.2) is 51.7 Å². The number of carbonyl (C=O) groups excluding carboxylic acids is 2. The predicted octanol–water partition coefficient (Wildman–Crippen LogP) is 7.90. The molecule has 2 aromatic carbocycles. The first-order chi connectivity index (χ1) is 20.8. The number of amides is 1. The summed E-state index contributed by atoms with van der Waals surface area (Å²) in [6.45, 7) is 6.50. The lowest BCUT2D eigenvalue weighted by Gasteiger charge is -2.29. The monoisotopic (exact) mass is 633 g/mol. The van der Waals surface area contributed by atoms with E-state index in [0.717, 1.165) is 38.8 Å². The number of hydrogen-bond acceptors (Lipinski definition) is 7. The van der Waals surface area contributed by atoms with Gasteiger partial charge in [-0.15, -0.1) is 0 Å². The molecule has 1 unspecified atom stereocenters. The SMILES string of the molecule is C1CS1.CC(Oc1ccc2c(-c3ccc(F)cc3Cl)cc(=O)oc2c1)C(=O)N1CCCCC1.CCCCCCCOC=O. The average molecular weight is 634 g/mol. The topological polar surface area (TPSA) is 86.1 Å². The third kappa shape index (κ3) is 11.9. The lowest BCUT2D eigenvalue weighted by molar-refractivity contribution is -0.138. The molecule has 0 saturated carbocycles. The molecule has 43 heavy (non-hydrogen) atoms. The molecule has 0 N–H and O–H groups in total. The largest absolute Gasteiger partial charge is 0.481 e. The number of rotatable bonds is 11. The van der Waals surface area contributed by atoms with Crippen LogP contribution in [0.25, 0.3) is 22.1 Å². The Morgan fingerprint density at radius 1 is 1.05 bits per heavy atom. The van der Waals surface area contributed by atoms with Gasteiger partial charge in [0.2, 0.25) is 0 Å². The molecular weight excluding hydrogens is 593 g/mol. The molecule has 3 heterocycles. The van der Waals surface area contributed by atoms with Gasteiger partial charge in [-0.1, -0.05) is 44.2 Å². The van der Waals surface area contributed by atoms with Gasteiger partial charge in [-0.05, 0) is 62.9 Å². The van der Waals surface area contributed by atoms with Crippen LogP contribution in [0.3, 0.4) is 0 Å². The molecule has 5 rings (SSSR count). The fraction of sp³-hybridized carbons (Fsp3) is 0.485. The number of benzene rings is 2. The maximum atomic E-state index is 13.4. The normalized spacial score (nSPS) is 14.5. The Balaban J connectivity index is 0.000000325. The van der Waals surface area contributed by atoms with E-state index in [4.69, 9.17) is 20.8 Å². The molecule has 0 radical (unpaired) electrons. The lowest BCUT2D eigenvalue weighted by Crippen LogP contribution is -2.43. The molecule has 0 spiro atoms. The molecule has 0 bridgehead atoms. The Kier molecular flexibility index (Phi) is 14.9.